The Kier molecular flexibility index (Phi) is 4.71. The second-order valence-corrected chi connectivity index (χ2v) is 9.91. The molecule has 162 valence electrons. The minimum Gasteiger partial charge on any atom is -0.303 e. The van der Waals surface area contributed by atoms with Gasteiger partial charge in [0.25, 0.3) is 0 Å². The standard InChI is InChI=1S/C26H27N5O/c1-25(2)11-19(12-26(3,4)31-25)22-8-6-17-10-23(29-30-24(17)22)21-7-5-16(9-18(21)15-32)20-13-27-28-14-20/h5,7-11,13-15,31H,6,12H2,1-4H3,(H,27,28). The van der Waals surface area contributed by atoms with E-state index in [1.165, 1.54) is 11.1 Å². The fourth-order valence-corrected chi connectivity index (χ4v) is 5.11. The molecule has 0 unspecified atom stereocenters. The Bertz CT molecular complexity index is 1270. The number of nitrogens with one attached hydrogen (secondary N) is 2. The number of hydrogen-bond donors (Lipinski definition) is 2. The van der Waals surface area contributed by atoms with Crippen LogP contribution in [0.3, 0.4) is 0 Å². The monoisotopic (exact) mass is 425 g/mol. The predicted octanol–water partition coefficient (Wildman–Crippen LogP) is 4.76. The maximum absolute atomic E-state index is 11.8. The van der Waals surface area contributed by atoms with Gasteiger partial charge >= 0.3 is 0 Å². The summed E-state index contributed by atoms with van der Waals surface area (Å²) in [7, 11) is 0. The molecule has 0 saturated heterocycles. The van der Waals surface area contributed by atoms with E-state index in [9.17, 15) is 4.79 Å². The van der Waals surface area contributed by atoms with Crippen molar-refractivity contribution in [2.75, 3.05) is 0 Å². The highest BCUT2D eigenvalue weighted by Gasteiger charge is 2.34. The Labute approximate surface area is 187 Å². The summed E-state index contributed by atoms with van der Waals surface area (Å²) in [5.41, 5.74) is 8.52. The number of hydrogen-bond acceptors (Lipinski definition) is 5. The number of aromatic amines is 1. The summed E-state index contributed by atoms with van der Waals surface area (Å²) in [5, 5.41) is 19.6. The molecule has 6 heteroatoms. The Hall–Kier alpha value is -3.38. The van der Waals surface area contributed by atoms with Crippen molar-refractivity contribution in [2.24, 2.45) is 0 Å². The van der Waals surface area contributed by atoms with Crippen LogP contribution in [0.25, 0.3) is 28.0 Å². The average Bonchev–Trinajstić information content (AvgIpc) is 3.40. The molecule has 1 aliphatic heterocycles. The van der Waals surface area contributed by atoms with Gasteiger partial charge in [0.1, 0.15) is 0 Å². The lowest BCUT2D eigenvalue weighted by molar-refractivity contribution is 0.112. The van der Waals surface area contributed by atoms with Crippen molar-refractivity contribution < 1.29 is 4.79 Å². The number of fused-ring (bicyclic) bond motifs is 1. The molecule has 2 N–H and O–H groups in total. The van der Waals surface area contributed by atoms with Crippen LogP contribution < -0.4 is 5.32 Å². The minimum atomic E-state index is -0.0797. The minimum absolute atomic E-state index is 0.0140. The fraction of sp³-hybridized carbons (Fsp3) is 0.308. The van der Waals surface area contributed by atoms with Crippen LogP contribution >= 0.6 is 0 Å². The van der Waals surface area contributed by atoms with Crippen LogP contribution in [0.4, 0.5) is 0 Å². The van der Waals surface area contributed by atoms with E-state index >= 15 is 0 Å². The first-order valence-electron chi connectivity index (χ1n) is 10.9. The lowest BCUT2D eigenvalue weighted by Crippen LogP contribution is -2.54. The summed E-state index contributed by atoms with van der Waals surface area (Å²) in [6.07, 6.45) is 10.8. The second kappa shape index (κ2) is 7.35. The van der Waals surface area contributed by atoms with Gasteiger partial charge in [-0.05, 0) is 69.4 Å². The van der Waals surface area contributed by atoms with Gasteiger partial charge in [0.05, 0.1) is 17.6 Å². The van der Waals surface area contributed by atoms with Gasteiger partial charge in [-0.25, -0.2) is 0 Å². The smallest absolute Gasteiger partial charge is 0.150 e. The van der Waals surface area contributed by atoms with Crippen molar-refractivity contribution in [1.29, 1.82) is 0 Å². The van der Waals surface area contributed by atoms with Crippen molar-refractivity contribution >= 4 is 11.9 Å². The van der Waals surface area contributed by atoms with Crippen molar-refractivity contribution in [3.05, 3.63) is 71.2 Å². The molecule has 0 saturated carbocycles. The van der Waals surface area contributed by atoms with Crippen LogP contribution in [-0.2, 0) is 6.42 Å². The molecule has 6 nitrogen and oxygen atoms in total. The number of carbonyl (C=O) groups is 1. The largest absolute Gasteiger partial charge is 0.303 e. The SMILES string of the molecule is CC1(C)C=C(C2=CCc3cc(-c4ccc(-c5cn[nH]c5)cc4C=O)nnc32)CC(C)(C)N1. The first-order valence-corrected chi connectivity index (χ1v) is 10.9. The summed E-state index contributed by atoms with van der Waals surface area (Å²) < 4.78 is 0. The number of nitrogens with zero attached hydrogens (tertiary/aromatic N) is 3. The zero-order chi connectivity index (χ0) is 22.5. The van der Waals surface area contributed by atoms with Gasteiger partial charge < -0.3 is 5.32 Å². The number of rotatable bonds is 4. The van der Waals surface area contributed by atoms with E-state index in [1.54, 1.807) is 6.20 Å². The molecular weight excluding hydrogens is 398 g/mol. The molecule has 0 atom stereocenters. The van der Waals surface area contributed by atoms with Gasteiger partial charge in [0.2, 0.25) is 0 Å². The van der Waals surface area contributed by atoms with Crippen molar-refractivity contribution in [3.8, 4) is 22.4 Å². The lowest BCUT2D eigenvalue weighted by Gasteiger charge is -2.41. The highest BCUT2D eigenvalue weighted by Crippen LogP contribution is 2.40. The maximum Gasteiger partial charge on any atom is 0.150 e. The van der Waals surface area contributed by atoms with E-state index in [0.29, 0.717) is 5.56 Å². The molecule has 0 spiro atoms. The van der Waals surface area contributed by atoms with E-state index in [-0.39, 0.29) is 11.1 Å². The summed E-state index contributed by atoms with van der Waals surface area (Å²) in [6.45, 7) is 8.88. The van der Waals surface area contributed by atoms with E-state index in [2.05, 4.69) is 71.6 Å². The van der Waals surface area contributed by atoms with Crippen LogP contribution in [0.1, 0.15) is 55.7 Å². The third-order valence-electron chi connectivity index (χ3n) is 6.11. The number of carbonyl (C=O) groups excluding carboxylic acids is 1. The highest BCUT2D eigenvalue weighted by atomic mass is 16.1. The first-order chi connectivity index (χ1) is 15.2. The predicted molar refractivity (Wildman–Crippen MR) is 126 cm³/mol. The van der Waals surface area contributed by atoms with E-state index < -0.39 is 0 Å². The number of aromatic nitrogens is 4. The van der Waals surface area contributed by atoms with Crippen LogP contribution in [0, 0.1) is 0 Å². The van der Waals surface area contributed by atoms with E-state index in [1.807, 2.05) is 24.4 Å². The van der Waals surface area contributed by atoms with E-state index in [4.69, 9.17) is 0 Å². The molecule has 1 aliphatic carbocycles. The third kappa shape index (κ3) is 3.71. The topological polar surface area (TPSA) is 83.6 Å². The van der Waals surface area contributed by atoms with Gasteiger partial charge in [0, 0.05) is 39.5 Å². The fourth-order valence-electron chi connectivity index (χ4n) is 5.11. The Morgan fingerprint density at radius 3 is 2.62 bits per heavy atom. The lowest BCUT2D eigenvalue weighted by atomic mass is 9.80. The Morgan fingerprint density at radius 1 is 1.06 bits per heavy atom. The molecular formula is C26H27N5O. The maximum atomic E-state index is 11.8. The van der Waals surface area contributed by atoms with Crippen molar-refractivity contribution in [3.63, 3.8) is 0 Å². The van der Waals surface area contributed by atoms with Crippen molar-refractivity contribution in [2.45, 2.75) is 51.6 Å². The molecule has 2 aliphatic rings. The first kappa shape index (κ1) is 20.5. The molecule has 0 radical (unpaired) electrons. The quantitative estimate of drug-likeness (QED) is 0.589. The van der Waals surface area contributed by atoms with Crippen LogP contribution in [0.15, 0.2) is 54.4 Å². The molecule has 0 bridgehead atoms. The normalized spacial score (nSPS) is 18.6. The molecule has 0 amide bonds. The van der Waals surface area contributed by atoms with Crippen molar-refractivity contribution in [1.82, 2.24) is 25.7 Å². The van der Waals surface area contributed by atoms with Crippen LogP contribution in [-0.4, -0.2) is 37.8 Å². The third-order valence-corrected chi connectivity index (χ3v) is 6.11. The molecule has 5 rings (SSSR count). The molecule has 3 aromatic rings. The van der Waals surface area contributed by atoms with Gasteiger partial charge in [-0.3, -0.25) is 9.89 Å². The van der Waals surface area contributed by atoms with Crippen LogP contribution in [0.5, 0.6) is 0 Å². The molecule has 0 fully saturated rings. The number of aldehydes is 1. The van der Waals surface area contributed by atoms with Gasteiger partial charge in [-0.15, -0.1) is 10.2 Å². The summed E-state index contributed by atoms with van der Waals surface area (Å²) in [5.74, 6) is 0. The number of H-pyrrole nitrogens is 1. The summed E-state index contributed by atoms with van der Waals surface area (Å²) in [4.78, 5) is 11.8. The Morgan fingerprint density at radius 2 is 1.91 bits per heavy atom. The second-order valence-electron chi connectivity index (χ2n) is 9.91. The zero-order valence-corrected chi connectivity index (χ0v) is 18.9. The molecule has 1 aromatic carbocycles. The highest BCUT2D eigenvalue weighted by molar-refractivity contribution is 5.90. The Balaban J connectivity index is 1.49. The molecule has 2 aromatic heterocycles. The molecule has 32 heavy (non-hydrogen) atoms. The van der Waals surface area contributed by atoms with Gasteiger partial charge in [-0.1, -0.05) is 24.3 Å². The summed E-state index contributed by atoms with van der Waals surface area (Å²) >= 11 is 0. The average molecular weight is 426 g/mol. The van der Waals surface area contributed by atoms with Gasteiger partial charge in [-0.2, -0.15) is 5.10 Å². The molecule has 3 heterocycles. The number of allylic oxidation sites excluding steroid dienone is 2. The van der Waals surface area contributed by atoms with Crippen LogP contribution in [0.2, 0.25) is 0 Å². The summed E-state index contributed by atoms with van der Waals surface area (Å²) in [6, 6.07) is 7.86. The zero-order valence-electron chi connectivity index (χ0n) is 18.9. The van der Waals surface area contributed by atoms with Gasteiger partial charge in [0.15, 0.2) is 6.29 Å². The number of benzene rings is 1. The van der Waals surface area contributed by atoms with E-state index in [0.717, 1.165) is 52.8 Å².